The standard InChI is InChI=1S/C14H20BrNO/c1-3-16-9-12-6-7-17-14(12)11-5-4-10(2)13(15)8-11/h4-5,8,12,14,16H,3,6-7,9H2,1-2H3. The van der Waals surface area contributed by atoms with E-state index in [4.69, 9.17) is 4.74 Å². The summed E-state index contributed by atoms with van der Waals surface area (Å²) in [6.45, 7) is 7.21. The summed E-state index contributed by atoms with van der Waals surface area (Å²) in [7, 11) is 0. The molecule has 2 atom stereocenters. The second kappa shape index (κ2) is 5.98. The molecule has 1 heterocycles. The van der Waals surface area contributed by atoms with Crippen molar-refractivity contribution in [3.05, 3.63) is 33.8 Å². The van der Waals surface area contributed by atoms with Gasteiger partial charge in [-0.2, -0.15) is 0 Å². The van der Waals surface area contributed by atoms with Crippen molar-refractivity contribution in [1.29, 1.82) is 0 Å². The number of rotatable bonds is 4. The molecule has 1 aromatic rings. The van der Waals surface area contributed by atoms with E-state index in [9.17, 15) is 0 Å². The highest BCUT2D eigenvalue weighted by atomic mass is 79.9. The molecule has 0 radical (unpaired) electrons. The van der Waals surface area contributed by atoms with Crippen molar-refractivity contribution in [3.63, 3.8) is 0 Å². The fourth-order valence-corrected chi connectivity index (χ4v) is 2.72. The van der Waals surface area contributed by atoms with E-state index in [1.807, 2.05) is 0 Å². The Balaban J connectivity index is 2.11. The van der Waals surface area contributed by atoms with Crippen LogP contribution in [0.2, 0.25) is 0 Å². The number of hydrogen-bond donors (Lipinski definition) is 1. The first kappa shape index (κ1) is 13.1. The minimum absolute atomic E-state index is 0.256. The van der Waals surface area contributed by atoms with Crippen molar-refractivity contribution in [1.82, 2.24) is 5.32 Å². The number of nitrogens with one attached hydrogen (secondary N) is 1. The number of aryl methyl sites for hydroxylation is 1. The molecule has 0 amide bonds. The zero-order chi connectivity index (χ0) is 12.3. The number of halogens is 1. The van der Waals surface area contributed by atoms with Crippen LogP contribution in [-0.4, -0.2) is 19.7 Å². The Hall–Kier alpha value is -0.380. The molecule has 94 valence electrons. The molecule has 0 saturated carbocycles. The largest absolute Gasteiger partial charge is 0.373 e. The van der Waals surface area contributed by atoms with Crippen LogP contribution in [0.3, 0.4) is 0 Å². The molecule has 1 aliphatic rings. The summed E-state index contributed by atoms with van der Waals surface area (Å²) in [5.74, 6) is 0.601. The van der Waals surface area contributed by atoms with Gasteiger partial charge in [0.2, 0.25) is 0 Å². The fourth-order valence-electron chi connectivity index (χ4n) is 2.33. The van der Waals surface area contributed by atoms with E-state index in [1.54, 1.807) is 0 Å². The Morgan fingerprint density at radius 2 is 2.29 bits per heavy atom. The summed E-state index contributed by atoms with van der Waals surface area (Å²) in [4.78, 5) is 0. The monoisotopic (exact) mass is 297 g/mol. The van der Waals surface area contributed by atoms with Crippen LogP contribution < -0.4 is 5.32 Å². The summed E-state index contributed by atoms with van der Waals surface area (Å²) in [6.07, 6.45) is 1.41. The molecular weight excluding hydrogens is 278 g/mol. The highest BCUT2D eigenvalue weighted by Crippen LogP contribution is 2.35. The number of hydrogen-bond acceptors (Lipinski definition) is 2. The number of ether oxygens (including phenoxy) is 1. The molecule has 3 heteroatoms. The number of benzene rings is 1. The molecule has 2 unspecified atom stereocenters. The molecule has 0 bridgehead atoms. The first-order valence-corrected chi connectivity index (χ1v) is 7.10. The molecule has 0 aromatic heterocycles. The third-order valence-electron chi connectivity index (χ3n) is 3.40. The Morgan fingerprint density at radius 3 is 3.00 bits per heavy atom. The van der Waals surface area contributed by atoms with Crippen LogP contribution in [0.15, 0.2) is 22.7 Å². The van der Waals surface area contributed by atoms with Crippen molar-refractivity contribution >= 4 is 15.9 Å². The van der Waals surface area contributed by atoms with Crippen LogP contribution in [0, 0.1) is 12.8 Å². The summed E-state index contributed by atoms with van der Waals surface area (Å²) in [6, 6.07) is 6.55. The van der Waals surface area contributed by atoms with Crippen molar-refractivity contribution in [2.24, 2.45) is 5.92 Å². The van der Waals surface area contributed by atoms with Gasteiger partial charge in [-0.15, -0.1) is 0 Å². The average Bonchev–Trinajstić information content (AvgIpc) is 2.78. The van der Waals surface area contributed by atoms with Crippen LogP contribution in [0.1, 0.15) is 30.6 Å². The van der Waals surface area contributed by atoms with Gasteiger partial charge in [0.05, 0.1) is 6.10 Å². The maximum atomic E-state index is 5.88. The van der Waals surface area contributed by atoms with Crippen LogP contribution in [0.25, 0.3) is 0 Å². The van der Waals surface area contributed by atoms with Gasteiger partial charge in [0.1, 0.15) is 0 Å². The van der Waals surface area contributed by atoms with Crippen molar-refractivity contribution in [2.45, 2.75) is 26.4 Å². The summed E-state index contributed by atoms with van der Waals surface area (Å²) in [5.41, 5.74) is 2.57. The van der Waals surface area contributed by atoms with E-state index >= 15 is 0 Å². The lowest BCUT2D eigenvalue weighted by atomic mass is 9.95. The van der Waals surface area contributed by atoms with E-state index < -0.39 is 0 Å². The zero-order valence-electron chi connectivity index (χ0n) is 10.5. The molecule has 1 fully saturated rings. The SMILES string of the molecule is CCNCC1CCOC1c1ccc(C)c(Br)c1. The lowest BCUT2D eigenvalue weighted by molar-refractivity contribution is 0.0906. The smallest absolute Gasteiger partial charge is 0.0866 e. The van der Waals surface area contributed by atoms with E-state index in [1.165, 1.54) is 15.6 Å². The summed E-state index contributed by atoms with van der Waals surface area (Å²) >= 11 is 3.59. The predicted octanol–water partition coefficient (Wildman–Crippen LogP) is 3.44. The minimum atomic E-state index is 0.256. The van der Waals surface area contributed by atoms with Gasteiger partial charge >= 0.3 is 0 Å². The topological polar surface area (TPSA) is 21.3 Å². The van der Waals surface area contributed by atoms with Gasteiger partial charge in [-0.25, -0.2) is 0 Å². The second-order valence-electron chi connectivity index (χ2n) is 4.66. The summed E-state index contributed by atoms with van der Waals surface area (Å²) in [5, 5.41) is 3.42. The van der Waals surface area contributed by atoms with Crippen LogP contribution in [-0.2, 0) is 4.74 Å². The fraction of sp³-hybridized carbons (Fsp3) is 0.571. The van der Waals surface area contributed by atoms with Gasteiger partial charge < -0.3 is 10.1 Å². The lowest BCUT2D eigenvalue weighted by Crippen LogP contribution is -2.24. The minimum Gasteiger partial charge on any atom is -0.373 e. The maximum absolute atomic E-state index is 5.88. The molecule has 0 aliphatic carbocycles. The first-order chi connectivity index (χ1) is 8.22. The van der Waals surface area contributed by atoms with Gasteiger partial charge in [-0.3, -0.25) is 0 Å². The Bertz CT molecular complexity index is 380. The van der Waals surface area contributed by atoms with Crippen molar-refractivity contribution < 1.29 is 4.74 Å². The Labute approximate surface area is 112 Å². The Morgan fingerprint density at radius 1 is 1.47 bits per heavy atom. The van der Waals surface area contributed by atoms with Crippen molar-refractivity contribution in [2.75, 3.05) is 19.7 Å². The van der Waals surface area contributed by atoms with Crippen LogP contribution in [0.4, 0.5) is 0 Å². The Kier molecular flexibility index (Phi) is 4.60. The van der Waals surface area contributed by atoms with E-state index in [-0.39, 0.29) is 6.10 Å². The lowest BCUT2D eigenvalue weighted by Gasteiger charge is -2.19. The third-order valence-corrected chi connectivity index (χ3v) is 4.25. The molecule has 0 spiro atoms. The van der Waals surface area contributed by atoms with Crippen LogP contribution in [0.5, 0.6) is 0 Å². The molecular formula is C14H20BrNO. The molecule has 1 N–H and O–H groups in total. The van der Waals surface area contributed by atoms with E-state index in [2.05, 4.69) is 53.3 Å². The highest BCUT2D eigenvalue weighted by Gasteiger charge is 2.29. The van der Waals surface area contributed by atoms with Gasteiger partial charge in [0, 0.05) is 23.5 Å². The first-order valence-electron chi connectivity index (χ1n) is 6.30. The van der Waals surface area contributed by atoms with Gasteiger partial charge in [0.25, 0.3) is 0 Å². The van der Waals surface area contributed by atoms with E-state index in [0.29, 0.717) is 5.92 Å². The second-order valence-corrected chi connectivity index (χ2v) is 5.51. The third kappa shape index (κ3) is 3.09. The molecule has 2 rings (SSSR count). The van der Waals surface area contributed by atoms with Crippen molar-refractivity contribution in [3.8, 4) is 0 Å². The van der Waals surface area contributed by atoms with Gasteiger partial charge in [0.15, 0.2) is 0 Å². The average molecular weight is 298 g/mol. The maximum Gasteiger partial charge on any atom is 0.0866 e. The van der Waals surface area contributed by atoms with E-state index in [0.717, 1.165) is 26.1 Å². The molecule has 2 nitrogen and oxygen atoms in total. The zero-order valence-corrected chi connectivity index (χ0v) is 12.1. The quantitative estimate of drug-likeness (QED) is 0.919. The molecule has 1 aliphatic heterocycles. The predicted molar refractivity (Wildman–Crippen MR) is 74.2 cm³/mol. The summed E-state index contributed by atoms with van der Waals surface area (Å²) < 4.78 is 7.06. The molecule has 17 heavy (non-hydrogen) atoms. The highest BCUT2D eigenvalue weighted by molar-refractivity contribution is 9.10. The molecule has 1 aromatic carbocycles. The molecule has 1 saturated heterocycles. The normalized spacial score (nSPS) is 24.2. The van der Waals surface area contributed by atoms with Crippen LogP contribution >= 0.6 is 15.9 Å². The van der Waals surface area contributed by atoms with Gasteiger partial charge in [-0.05, 0) is 37.1 Å². The van der Waals surface area contributed by atoms with Gasteiger partial charge in [-0.1, -0.05) is 35.0 Å².